The summed E-state index contributed by atoms with van der Waals surface area (Å²) in [5, 5.41) is 9.56. The Morgan fingerprint density at radius 2 is 2.15 bits per heavy atom. The van der Waals surface area contributed by atoms with E-state index in [1.54, 1.807) is 11.3 Å². The third kappa shape index (κ3) is 3.34. The van der Waals surface area contributed by atoms with Crippen molar-refractivity contribution in [2.45, 2.75) is 23.9 Å². The van der Waals surface area contributed by atoms with Crippen LogP contribution in [0.15, 0.2) is 46.7 Å². The van der Waals surface area contributed by atoms with E-state index in [4.69, 9.17) is 12.2 Å². The lowest BCUT2D eigenvalue weighted by atomic mass is 10.0. The first-order valence-electron chi connectivity index (χ1n) is 6.61. The molecule has 5 heteroatoms. The van der Waals surface area contributed by atoms with E-state index in [-0.39, 0.29) is 0 Å². The Balaban J connectivity index is 1.59. The molecule has 2 aromatic rings. The molecule has 0 radical (unpaired) electrons. The lowest BCUT2D eigenvalue weighted by Gasteiger charge is -2.27. The maximum Gasteiger partial charge on any atom is 0.167 e. The van der Waals surface area contributed by atoms with E-state index in [1.165, 1.54) is 15.3 Å². The maximum atomic E-state index is 5.41. The van der Waals surface area contributed by atoms with E-state index >= 15 is 0 Å². The molecule has 0 bridgehead atoms. The van der Waals surface area contributed by atoms with Crippen LogP contribution in [-0.2, 0) is 6.54 Å². The maximum absolute atomic E-state index is 5.41. The summed E-state index contributed by atoms with van der Waals surface area (Å²) in [6.07, 6.45) is 1.11. The fraction of sp³-hybridized carbons (Fsp3) is 0.267. The zero-order chi connectivity index (χ0) is 13.8. The number of thiophene rings is 1. The summed E-state index contributed by atoms with van der Waals surface area (Å²) in [7, 11) is 0. The lowest BCUT2D eigenvalue weighted by molar-refractivity contribution is 0.603. The van der Waals surface area contributed by atoms with Gasteiger partial charge in [-0.1, -0.05) is 24.3 Å². The van der Waals surface area contributed by atoms with Crippen LogP contribution in [-0.4, -0.2) is 10.9 Å². The van der Waals surface area contributed by atoms with E-state index in [1.807, 2.05) is 11.8 Å². The van der Waals surface area contributed by atoms with Crippen molar-refractivity contribution >= 4 is 40.4 Å². The first-order valence-corrected chi connectivity index (χ1v) is 8.89. The van der Waals surface area contributed by atoms with Crippen molar-refractivity contribution in [3.8, 4) is 0 Å². The molecule has 1 aromatic heterocycles. The van der Waals surface area contributed by atoms with Crippen molar-refractivity contribution in [3.05, 3.63) is 52.2 Å². The molecule has 0 spiro atoms. The average Bonchev–Trinajstić information content (AvgIpc) is 2.99. The van der Waals surface area contributed by atoms with Crippen molar-refractivity contribution < 1.29 is 0 Å². The van der Waals surface area contributed by atoms with E-state index < -0.39 is 0 Å². The molecule has 1 aliphatic heterocycles. The minimum Gasteiger partial charge on any atom is -0.358 e. The Hall–Kier alpha value is -1.04. The van der Waals surface area contributed by atoms with Gasteiger partial charge in [-0.3, -0.25) is 0 Å². The molecule has 0 saturated carbocycles. The molecule has 1 aromatic carbocycles. The monoisotopic (exact) mass is 320 g/mol. The normalized spacial score (nSPS) is 17.3. The second kappa shape index (κ2) is 6.61. The van der Waals surface area contributed by atoms with Gasteiger partial charge < -0.3 is 10.6 Å². The average molecular weight is 321 g/mol. The number of thioether (sulfide) groups is 1. The largest absolute Gasteiger partial charge is 0.358 e. The van der Waals surface area contributed by atoms with E-state index in [2.05, 4.69) is 52.4 Å². The van der Waals surface area contributed by atoms with Crippen molar-refractivity contribution in [1.82, 2.24) is 10.6 Å². The van der Waals surface area contributed by atoms with Gasteiger partial charge in [0.25, 0.3) is 0 Å². The molecule has 20 heavy (non-hydrogen) atoms. The second-order valence-corrected chi connectivity index (χ2v) is 7.21. The molecule has 1 atom stereocenters. The van der Waals surface area contributed by atoms with Gasteiger partial charge >= 0.3 is 0 Å². The summed E-state index contributed by atoms with van der Waals surface area (Å²) >= 11 is 9.09. The summed E-state index contributed by atoms with van der Waals surface area (Å²) in [4.78, 5) is 2.67. The molecule has 0 aliphatic carbocycles. The van der Waals surface area contributed by atoms with Gasteiger partial charge in [-0.15, -0.1) is 23.1 Å². The number of thiocarbonyl (C=S) groups is 1. The molecule has 0 amide bonds. The van der Waals surface area contributed by atoms with Gasteiger partial charge in [0.05, 0.1) is 12.6 Å². The quantitative estimate of drug-likeness (QED) is 0.836. The predicted molar refractivity (Wildman–Crippen MR) is 91.4 cm³/mol. The second-order valence-electron chi connectivity index (χ2n) is 4.63. The summed E-state index contributed by atoms with van der Waals surface area (Å²) in [5.74, 6) is 1.14. The van der Waals surface area contributed by atoms with E-state index in [0.717, 1.165) is 23.8 Å². The van der Waals surface area contributed by atoms with Gasteiger partial charge in [-0.25, -0.2) is 0 Å². The summed E-state index contributed by atoms with van der Waals surface area (Å²) < 4.78 is 0. The highest BCUT2D eigenvalue weighted by Gasteiger charge is 2.20. The van der Waals surface area contributed by atoms with Crippen molar-refractivity contribution in [2.24, 2.45) is 0 Å². The number of nitrogens with one attached hydrogen (secondary N) is 2. The molecule has 0 fully saturated rings. The summed E-state index contributed by atoms with van der Waals surface area (Å²) in [6, 6.07) is 13.1. The highest BCUT2D eigenvalue weighted by molar-refractivity contribution is 7.99. The number of hydrogen-bond donors (Lipinski definition) is 2. The zero-order valence-corrected chi connectivity index (χ0v) is 13.4. The minimum atomic E-state index is 0.329. The molecular weight excluding hydrogens is 304 g/mol. The molecule has 1 aliphatic rings. The Morgan fingerprint density at radius 1 is 1.25 bits per heavy atom. The van der Waals surface area contributed by atoms with Crippen LogP contribution in [0, 0.1) is 0 Å². The molecule has 0 saturated heterocycles. The smallest absolute Gasteiger partial charge is 0.167 e. The molecule has 2 heterocycles. The predicted octanol–water partition coefficient (Wildman–Crippen LogP) is 3.95. The van der Waals surface area contributed by atoms with Gasteiger partial charge in [-0.05, 0) is 41.7 Å². The van der Waals surface area contributed by atoms with E-state index in [9.17, 15) is 0 Å². The van der Waals surface area contributed by atoms with Crippen LogP contribution in [0.25, 0.3) is 0 Å². The number of rotatable bonds is 3. The zero-order valence-electron chi connectivity index (χ0n) is 11.0. The first-order chi connectivity index (χ1) is 9.83. The SMILES string of the molecule is S=C(NCc1cccs1)N[C@@H]1CCSc2ccccc21. The molecular formula is C15H16N2S3. The summed E-state index contributed by atoms with van der Waals surface area (Å²) in [5.41, 5.74) is 1.36. The molecule has 3 rings (SSSR count). The Bertz CT molecular complexity index is 581. The molecule has 104 valence electrons. The molecule has 0 unspecified atom stereocenters. The first kappa shape index (κ1) is 13.9. The fourth-order valence-electron chi connectivity index (χ4n) is 2.28. The topological polar surface area (TPSA) is 24.1 Å². The van der Waals surface area contributed by atoms with Crippen LogP contribution < -0.4 is 10.6 Å². The Labute approximate surface area is 133 Å². The molecule has 2 nitrogen and oxygen atoms in total. The van der Waals surface area contributed by atoms with Crippen LogP contribution in [0.4, 0.5) is 0 Å². The van der Waals surface area contributed by atoms with Crippen LogP contribution in [0.2, 0.25) is 0 Å². The fourth-order valence-corrected chi connectivity index (χ4v) is 4.27. The van der Waals surface area contributed by atoms with Crippen molar-refractivity contribution in [1.29, 1.82) is 0 Å². The number of hydrogen-bond acceptors (Lipinski definition) is 3. The number of fused-ring (bicyclic) bond motifs is 1. The highest BCUT2D eigenvalue weighted by Crippen LogP contribution is 2.35. The number of benzene rings is 1. The van der Waals surface area contributed by atoms with Gasteiger partial charge in [0.1, 0.15) is 0 Å². The van der Waals surface area contributed by atoms with E-state index in [0.29, 0.717) is 6.04 Å². The highest BCUT2D eigenvalue weighted by atomic mass is 32.2. The van der Waals surface area contributed by atoms with Crippen LogP contribution in [0.5, 0.6) is 0 Å². The van der Waals surface area contributed by atoms with Crippen molar-refractivity contribution in [3.63, 3.8) is 0 Å². The minimum absolute atomic E-state index is 0.329. The standard InChI is InChI=1S/C15H16N2S3/c18-15(16-10-11-4-3-8-19-11)17-13-7-9-20-14-6-2-1-5-12(13)14/h1-6,8,13H,7,9-10H2,(H2,16,17,18)/t13-/m1/s1. The van der Waals surface area contributed by atoms with Crippen LogP contribution >= 0.6 is 35.3 Å². The Morgan fingerprint density at radius 3 is 3.00 bits per heavy atom. The van der Waals surface area contributed by atoms with Crippen LogP contribution in [0.1, 0.15) is 22.9 Å². The van der Waals surface area contributed by atoms with Gasteiger partial charge in [0.15, 0.2) is 5.11 Å². The third-order valence-electron chi connectivity index (χ3n) is 3.27. The van der Waals surface area contributed by atoms with Gasteiger partial charge in [0.2, 0.25) is 0 Å². The molecule has 2 N–H and O–H groups in total. The Kier molecular flexibility index (Phi) is 4.60. The van der Waals surface area contributed by atoms with Gasteiger partial charge in [-0.2, -0.15) is 0 Å². The third-order valence-corrected chi connectivity index (χ3v) is 5.53. The van der Waals surface area contributed by atoms with Gasteiger partial charge in [0, 0.05) is 15.5 Å². The lowest BCUT2D eigenvalue weighted by Crippen LogP contribution is -2.38. The summed E-state index contributed by atoms with van der Waals surface area (Å²) in [6.45, 7) is 0.798. The van der Waals surface area contributed by atoms with Crippen molar-refractivity contribution in [2.75, 3.05) is 5.75 Å². The van der Waals surface area contributed by atoms with Crippen LogP contribution in [0.3, 0.4) is 0 Å².